The molecule has 1 aromatic carbocycles. The lowest BCUT2D eigenvalue weighted by atomic mass is 10.0. The van der Waals surface area contributed by atoms with Gasteiger partial charge in [0.25, 0.3) is 0 Å². The van der Waals surface area contributed by atoms with Crippen molar-refractivity contribution in [3.05, 3.63) is 51.5 Å². The normalized spacial score (nSPS) is 10.4. The Hall–Kier alpha value is -1.65. The van der Waals surface area contributed by atoms with Gasteiger partial charge in [0.05, 0.1) is 6.42 Å². The molecule has 0 aliphatic rings. The number of halogens is 2. The van der Waals surface area contributed by atoms with E-state index in [-0.39, 0.29) is 28.3 Å². The summed E-state index contributed by atoms with van der Waals surface area (Å²) in [5, 5.41) is 2.89. The number of nitrogens with one attached hydrogen (secondary N) is 1. The molecule has 0 saturated carbocycles. The highest BCUT2D eigenvalue weighted by molar-refractivity contribution is 6.38. The van der Waals surface area contributed by atoms with Crippen LogP contribution in [0.1, 0.15) is 16.7 Å². The van der Waals surface area contributed by atoms with Gasteiger partial charge in [0.15, 0.2) is 10.3 Å². The van der Waals surface area contributed by atoms with E-state index in [1.807, 2.05) is 32.0 Å². The van der Waals surface area contributed by atoms with E-state index in [0.717, 1.165) is 16.7 Å². The number of carbonyl (C=O) groups excluding carboxylic acids is 1. The third-order valence-electron chi connectivity index (χ3n) is 2.87. The first-order chi connectivity index (χ1) is 9.47. The van der Waals surface area contributed by atoms with Gasteiger partial charge in [0, 0.05) is 0 Å². The summed E-state index contributed by atoms with van der Waals surface area (Å²) in [6, 6.07) is 5.98. The summed E-state index contributed by atoms with van der Waals surface area (Å²) in [6.45, 7) is 3.95. The number of hydrogen-bond donors (Lipinski definition) is 1. The minimum atomic E-state index is -0.211. The molecule has 1 amide bonds. The first kappa shape index (κ1) is 14.8. The smallest absolute Gasteiger partial charge is 0.228 e. The standard InChI is InChI=1S/C14H13Cl2N3O/c1-8-3-4-9(2)10(5-8)6-11(20)19-12-13(15)17-7-18-14(12)16/h3-5,7H,6H2,1-2H3,(H,19,20). The third kappa shape index (κ3) is 3.46. The van der Waals surface area contributed by atoms with Crippen molar-refractivity contribution < 1.29 is 4.79 Å². The number of amides is 1. The van der Waals surface area contributed by atoms with E-state index in [1.54, 1.807) is 0 Å². The van der Waals surface area contributed by atoms with Crippen LogP contribution in [-0.4, -0.2) is 15.9 Å². The number of rotatable bonds is 3. The monoisotopic (exact) mass is 309 g/mol. The first-order valence-corrected chi connectivity index (χ1v) is 6.75. The van der Waals surface area contributed by atoms with Crippen molar-refractivity contribution in [3.8, 4) is 0 Å². The maximum absolute atomic E-state index is 12.1. The van der Waals surface area contributed by atoms with Crippen LogP contribution in [-0.2, 0) is 11.2 Å². The Bertz CT molecular complexity index is 639. The Morgan fingerprint density at radius 2 is 1.85 bits per heavy atom. The average molecular weight is 310 g/mol. The molecule has 1 aromatic heterocycles. The molecule has 0 radical (unpaired) electrons. The van der Waals surface area contributed by atoms with Crippen molar-refractivity contribution in [2.24, 2.45) is 0 Å². The summed E-state index contributed by atoms with van der Waals surface area (Å²) < 4.78 is 0. The quantitative estimate of drug-likeness (QED) is 0.882. The van der Waals surface area contributed by atoms with Crippen molar-refractivity contribution in [3.63, 3.8) is 0 Å². The fourth-order valence-corrected chi connectivity index (χ4v) is 2.20. The summed E-state index contributed by atoms with van der Waals surface area (Å²) in [4.78, 5) is 19.6. The highest BCUT2D eigenvalue weighted by atomic mass is 35.5. The molecule has 0 spiro atoms. The molecule has 0 saturated heterocycles. The Labute approximate surface area is 127 Å². The average Bonchev–Trinajstić information content (AvgIpc) is 2.38. The molecule has 0 fully saturated rings. The van der Waals surface area contributed by atoms with Crippen LogP contribution in [0.4, 0.5) is 5.69 Å². The zero-order valence-electron chi connectivity index (χ0n) is 11.1. The van der Waals surface area contributed by atoms with Crippen LogP contribution in [0.2, 0.25) is 10.3 Å². The SMILES string of the molecule is Cc1ccc(C)c(CC(=O)Nc2c(Cl)ncnc2Cl)c1. The van der Waals surface area contributed by atoms with Gasteiger partial charge in [-0.3, -0.25) is 4.79 Å². The van der Waals surface area contributed by atoms with Crippen LogP contribution >= 0.6 is 23.2 Å². The second-order valence-corrected chi connectivity index (χ2v) is 5.20. The van der Waals surface area contributed by atoms with E-state index in [0.29, 0.717) is 0 Å². The van der Waals surface area contributed by atoms with E-state index in [4.69, 9.17) is 23.2 Å². The van der Waals surface area contributed by atoms with Gasteiger partial charge in [-0.05, 0) is 25.0 Å². The van der Waals surface area contributed by atoms with Gasteiger partial charge in [0.1, 0.15) is 12.0 Å². The topological polar surface area (TPSA) is 54.9 Å². The molecule has 0 unspecified atom stereocenters. The fourth-order valence-electron chi connectivity index (χ4n) is 1.79. The molecular formula is C14H13Cl2N3O. The molecule has 2 aromatic rings. The summed E-state index contributed by atoms with van der Waals surface area (Å²) >= 11 is 11.8. The highest BCUT2D eigenvalue weighted by Gasteiger charge is 2.13. The number of aromatic nitrogens is 2. The van der Waals surface area contributed by atoms with E-state index >= 15 is 0 Å². The summed E-state index contributed by atoms with van der Waals surface area (Å²) in [5.74, 6) is -0.211. The van der Waals surface area contributed by atoms with Crippen molar-refractivity contribution in [2.75, 3.05) is 5.32 Å². The molecule has 0 aliphatic heterocycles. The second-order valence-electron chi connectivity index (χ2n) is 4.49. The van der Waals surface area contributed by atoms with E-state index < -0.39 is 0 Å². The Kier molecular flexibility index (Phi) is 4.57. The lowest BCUT2D eigenvalue weighted by molar-refractivity contribution is -0.115. The molecule has 6 heteroatoms. The largest absolute Gasteiger partial charge is 0.321 e. The lowest BCUT2D eigenvalue weighted by Crippen LogP contribution is -2.16. The minimum Gasteiger partial charge on any atom is -0.321 e. The number of hydrogen-bond acceptors (Lipinski definition) is 3. The van der Waals surface area contributed by atoms with Crippen LogP contribution in [0.3, 0.4) is 0 Å². The maximum atomic E-state index is 12.1. The van der Waals surface area contributed by atoms with Crippen LogP contribution in [0.5, 0.6) is 0 Å². The molecule has 104 valence electrons. The van der Waals surface area contributed by atoms with Crippen molar-refractivity contribution in [1.82, 2.24) is 9.97 Å². The van der Waals surface area contributed by atoms with E-state index in [1.165, 1.54) is 6.33 Å². The summed E-state index contributed by atoms with van der Waals surface area (Å²) in [5.41, 5.74) is 3.38. The van der Waals surface area contributed by atoms with Gasteiger partial charge in [0.2, 0.25) is 5.91 Å². The molecule has 1 heterocycles. The summed E-state index contributed by atoms with van der Waals surface area (Å²) in [7, 11) is 0. The maximum Gasteiger partial charge on any atom is 0.228 e. The fraction of sp³-hybridized carbons (Fsp3) is 0.214. The molecular weight excluding hydrogens is 297 g/mol. The lowest BCUT2D eigenvalue weighted by Gasteiger charge is -2.09. The van der Waals surface area contributed by atoms with Crippen LogP contribution in [0.15, 0.2) is 24.5 Å². The second kappa shape index (κ2) is 6.20. The molecule has 4 nitrogen and oxygen atoms in total. The molecule has 0 bridgehead atoms. The van der Waals surface area contributed by atoms with Gasteiger partial charge in [-0.2, -0.15) is 0 Å². The zero-order chi connectivity index (χ0) is 14.7. The molecule has 1 N–H and O–H groups in total. The number of benzene rings is 1. The molecule has 0 atom stereocenters. The number of carbonyl (C=O) groups is 1. The molecule has 0 aliphatic carbocycles. The van der Waals surface area contributed by atoms with Crippen LogP contribution < -0.4 is 5.32 Å². The molecule has 20 heavy (non-hydrogen) atoms. The van der Waals surface area contributed by atoms with Crippen molar-refractivity contribution in [2.45, 2.75) is 20.3 Å². The van der Waals surface area contributed by atoms with Gasteiger partial charge < -0.3 is 5.32 Å². The third-order valence-corrected chi connectivity index (χ3v) is 3.45. The number of nitrogens with zero attached hydrogens (tertiary/aromatic N) is 2. The predicted molar refractivity (Wildman–Crippen MR) is 80.3 cm³/mol. The first-order valence-electron chi connectivity index (χ1n) is 5.99. The summed E-state index contributed by atoms with van der Waals surface area (Å²) in [6.07, 6.45) is 1.49. The van der Waals surface area contributed by atoms with Gasteiger partial charge in [-0.25, -0.2) is 9.97 Å². The molecule has 2 rings (SSSR count). The van der Waals surface area contributed by atoms with Gasteiger partial charge in [-0.1, -0.05) is 47.0 Å². The Balaban J connectivity index is 2.15. The zero-order valence-corrected chi connectivity index (χ0v) is 12.6. The van der Waals surface area contributed by atoms with Crippen molar-refractivity contribution in [1.29, 1.82) is 0 Å². The van der Waals surface area contributed by atoms with Crippen LogP contribution in [0.25, 0.3) is 0 Å². The van der Waals surface area contributed by atoms with Crippen molar-refractivity contribution >= 4 is 34.8 Å². The Morgan fingerprint density at radius 1 is 1.20 bits per heavy atom. The Morgan fingerprint density at radius 3 is 2.50 bits per heavy atom. The van der Waals surface area contributed by atoms with Gasteiger partial charge >= 0.3 is 0 Å². The minimum absolute atomic E-state index is 0.124. The van der Waals surface area contributed by atoms with Gasteiger partial charge in [-0.15, -0.1) is 0 Å². The van der Waals surface area contributed by atoms with E-state index in [9.17, 15) is 4.79 Å². The van der Waals surface area contributed by atoms with Crippen LogP contribution in [0, 0.1) is 13.8 Å². The number of aryl methyl sites for hydroxylation is 2. The predicted octanol–water partition coefficient (Wildman–Crippen LogP) is 3.58. The van der Waals surface area contributed by atoms with E-state index in [2.05, 4.69) is 15.3 Å². The highest BCUT2D eigenvalue weighted by Crippen LogP contribution is 2.25. The number of anilines is 1.